The Morgan fingerprint density at radius 3 is 2.58 bits per heavy atom. The molecule has 0 aliphatic rings. The predicted molar refractivity (Wildman–Crippen MR) is 73.6 cm³/mol. The molecular formula is C12H18BrN3O3. The quantitative estimate of drug-likeness (QED) is 0.822. The van der Waals surface area contributed by atoms with Gasteiger partial charge in [-0.15, -0.1) is 0 Å². The predicted octanol–water partition coefficient (Wildman–Crippen LogP) is 1.19. The van der Waals surface area contributed by atoms with Gasteiger partial charge in [0.1, 0.15) is 6.54 Å². The lowest BCUT2D eigenvalue weighted by Gasteiger charge is -2.12. The Kier molecular flexibility index (Phi) is 5.53. The number of hydrogen-bond donors (Lipinski definition) is 1. The van der Waals surface area contributed by atoms with Crippen molar-refractivity contribution in [1.82, 2.24) is 15.1 Å². The average molecular weight is 332 g/mol. The SMILES string of the molecule is COC(=O)CNC(=O)C(C)Cn1nc(C)c(Br)c1C. The highest BCUT2D eigenvalue weighted by Crippen LogP contribution is 2.20. The highest BCUT2D eigenvalue weighted by molar-refractivity contribution is 9.10. The molecule has 0 fully saturated rings. The second-order valence-electron chi connectivity index (χ2n) is 4.36. The van der Waals surface area contributed by atoms with Gasteiger partial charge in [0.05, 0.1) is 29.7 Å². The van der Waals surface area contributed by atoms with E-state index in [2.05, 4.69) is 31.1 Å². The van der Waals surface area contributed by atoms with Crippen LogP contribution in [-0.4, -0.2) is 35.3 Å². The first-order valence-electron chi connectivity index (χ1n) is 5.90. The maximum Gasteiger partial charge on any atom is 0.325 e. The Labute approximate surface area is 120 Å². The molecule has 0 radical (unpaired) electrons. The number of halogens is 1. The number of aryl methyl sites for hydroxylation is 1. The van der Waals surface area contributed by atoms with Gasteiger partial charge in [0.25, 0.3) is 0 Å². The number of rotatable bonds is 5. The lowest BCUT2D eigenvalue weighted by molar-refractivity contribution is -0.141. The highest BCUT2D eigenvalue weighted by atomic mass is 79.9. The number of amides is 1. The Morgan fingerprint density at radius 2 is 2.11 bits per heavy atom. The van der Waals surface area contributed by atoms with Crippen LogP contribution in [0.2, 0.25) is 0 Å². The summed E-state index contributed by atoms with van der Waals surface area (Å²) in [6.07, 6.45) is 0. The van der Waals surface area contributed by atoms with E-state index in [9.17, 15) is 9.59 Å². The van der Waals surface area contributed by atoms with E-state index >= 15 is 0 Å². The van der Waals surface area contributed by atoms with E-state index in [1.807, 2.05) is 13.8 Å². The molecular weight excluding hydrogens is 314 g/mol. The molecule has 1 unspecified atom stereocenters. The molecule has 0 saturated heterocycles. The molecule has 1 atom stereocenters. The number of nitrogens with zero attached hydrogens (tertiary/aromatic N) is 2. The summed E-state index contributed by atoms with van der Waals surface area (Å²) in [4.78, 5) is 22.7. The second-order valence-corrected chi connectivity index (χ2v) is 5.15. The van der Waals surface area contributed by atoms with Crippen LogP contribution < -0.4 is 5.32 Å². The van der Waals surface area contributed by atoms with Crippen molar-refractivity contribution in [3.8, 4) is 0 Å². The van der Waals surface area contributed by atoms with Crippen molar-refractivity contribution < 1.29 is 14.3 Å². The molecule has 1 heterocycles. The number of esters is 1. The van der Waals surface area contributed by atoms with Gasteiger partial charge in [-0.1, -0.05) is 6.92 Å². The Balaban J connectivity index is 2.59. The summed E-state index contributed by atoms with van der Waals surface area (Å²) in [6, 6.07) is 0. The van der Waals surface area contributed by atoms with Crippen molar-refractivity contribution in [1.29, 1.82) is 0 Å². The molecule has 1 aromatic heterocycles. The zero-order valence-corrected chi connectivity index (χ0v) is 13.1. The highest BCUT2D eigenvalue weighted by Gasteiger charge is 2.17. The molecule has 1 aromatic rings. The molecule has 0 spiro atoms. The van der Waals surface area contributed by atoms with Gasteiger partial charge in [0.2, 0.25) is 5.91 Å². The fourth-order valence-corrected chi connectivity index (χ4v) is 1.88. The second kappa shape index (κ2) is 6.70. The van der Waals surface area contributed by atoms with Crippen LogP contribution in [0.1, 0.15) is 18.3 Å². The monoisotopic (exact) mass is 331 g/mol. The molecule has 106 valence electrons. The van der Waals surface area contributed by atoms with E-state index < -0.39 is 5.97 Å². The summed E-state index contributed by atoms with van der Waals surface area (Å²) in [7, 11) is 1.28. The molecule has 1 N–H and O–H groups in total. The fraction of sp³-hybridized carbons (Fsp3) is 0.583. The van der Waals surface area contributed by atoms with Crippen LogP contribution in [0.4, 0.5) is 0 Å². The average Bonchev–Trinajstić information content (AvgIpc) is 2.63. The molecule has 6 nitrogen and oxygen atoms in total. The van der Waals surface area contributed by atoms with Crippen molar-refractivity contribution in [2.45, 2.75) is 27.3 Å². The molecule has 19 heavy (non-hydrogen) atoms. The fourth-order valence-electron chi connectivity index (χ4n) is 1.60. The van der Waals surface area contributed by atoms with Crippen LogP contribution >= 0.6 is 15.9 Å². The minimum Gasteiger partial charge on any atom is -0.468 e. The molecule has 0 saturated carbocycles. The van der Waals surface area contributed by atoms with Crippen molar-refractivity contribution in [2.24, 2.45) is 5.92 Å². The topological polar surface area (TPSA) is 73.2 Å². The van der Waals surface area contributed by atoms with Crippen molar-refractivity contribution >= 4 is 27.8 Å². The van der Waals surface area contributed by atoms with E-state index in [1.54, 1.807) is 11.6 Å². The van der Waals surface area contributed by atoms with Crippen LogP contribution in [-0.2, 0) is 20.9 Å². The van der Waals surface area contributed by atoms with Crippen molar-refractivity contribution in [2.75, 3.05) is 13.7 Å². The van der Waals surface area contributed by atoms with Gasteiger partial charge in [-0.3, -0.25) is 14.3 Å². The molecule has 0 aliphatic heterocycles. The molecule has 1 amide bonds. The first-order valence-corrected chi connectivity index (χ1v) is 6.70. The molecule has 1 rings (SSSR count). The minimum absolute atomic E-state index is 0.111. The van der Waals surface area contributed by atoms with Gasteiger partial charge in [-0.2, -0.15) is 5.10 Å². The van der Waals surface area contributed by atoms with Crippen LogP contribution in [0, 0.1) is 19.8 Å². The number of carbonyl (C=O) groups is 2. The van der Waals surface area contributed by atoms with Crippen LogP contribution in [0.3, 0.4) is 0 Å². The van der Waals surface area contributed by atoms with E-state index in [0.717, 1.165) is 15.9 Å². The van der Waals surface area contributed by atoms with Crippen LogP contribution in [0.5, 0.6) is 0 Å². The van der Waals surface area contributed by atoms with Gasteiger partial charge < -0.3 is 10.1 Å². The zero-order valence-electron chi connectivity index (χ0n) is 11.5. The van der Waals surface area contributed by atoms with Crippen LogP contribution in [0.15, 0.2) is 4.47 Å². The molecule has 0 aromatic carbocycles. The maximum absolute atomic E-state index is 11.8. The number of methoxy groups -OCH3 is 1. The number of carbonyl (C=O) groups excluding carboxylic acids is 2. The van der Waals surface area contributed by atoms with Gasteiger partial charge in [-0.05, 0) is 29.8 Å². The van der Waals surface area contributed by atoms with Gasteiger partial charge in [-0.25, -0.2) is 0 Å². The first kappa shape index (κ1) is 15.7. The van der Waals surface area contributed by atoms with E-state index in [0.29, 0.717) is 6.54 Å². The summed E-state index contributed by atoms with van der Waals surface area (Å²) < 4.78 is 7.19. The van der Waals surface area contributed by atoms with Gasteiger partial charge in [0.15, 0.2) is 0 Å². The van der Waals surface area contributed by atoms with E-state index in [-0.39, 0.29) is 18.4 Å². The minimum atomic E-state index is -0.464. The third kappa shape index (κ3) is 4.05. The third-order valence-corrected chi connectivity index (χ3v) is 3.97. The Bertz CT molecular complexity index is 485. The Morgan fingerprint density at radius 1 is 1.47 bits per heavy atom. The lowest BCUT2D eigenvalue weighted by atomic mass is 10.1. The van der Waals surface area contributed by atoms with E-state index in [1.165, 1.54) is 7.11 Å². The number of hydrogen-bond acceptors (Lipinski definition) is 4. The number of nitrogens with one attached hydrogen (secondary N) is 1. The number of ether oxygens (including phenoxy) is 1. The van der Waals surface area contributed by atoms with Gasteiger partial charge in [0, 0.05) is 5.69 Å². The molecule has 0 aliphatic carbocycles. The van der Waals surface area contributed by atoms with Gasteiger partial charge >= 0.3 is 5.97 Å². The third-order valence-electron chi connectivity index (χ3n) is 2.82. The number of aromatic nitrogens is 2. The van der Waals surface area contributed by atoms with Crippen LogP contribution in [0.25, 0.3) is 0 Å². The smallest absolute Gasteiger partial charge is 0.325 e. The van der Waals surface area contributed by atoms with Crippen molar-refractivity contribution in [3.63, 3.8) is 0 Å². The molecule has 0 bridgehead atoms. The van der Waals surface area contributed by atoms with E-state index in [4.69, 9.17) is 0 Å². The summed E-state index contributed by atoms with van der Waals surface area (Å²) in [5.74, 6) is -0.946. The maximum atomic E-state index is 11.8. The normalized spacial score (nSPS) is 12.1. The largest absolute Gasteiger partial charge is 0.468 e. The zero-order chi connectivity index (χ0) is 14.6. The Hall–Kier alpha value is -1.37. The first-order chi connectivity index (χ1) is 8.86. The summed E-state index contributed by atoms with van der Waals surface area (Å²) in [6.45, 7) is 5.97. The van der Waals surface area contributed by atoms with Crippen molar-refractivity contribution in [3.05, 3.63) is 15.9 Å². The molecule has 7 heteroatoms. The summed E-state index contributed by atoms with van der Waals surface area (Å²) >= 11 is 3.44. The lowest BCUT2D eigenvalue weighted by Crippen LogP contribution is -2.35. The summed E-state index contributed by atoms with van der Waals surface area (Å²) in [5, 5.41) is 6.87. The standard InChI is InChI=1S/C12H18BrN3O3/c1-7(12(18)14-5-10(17)19-4)6-16-9(3)11(13)8(2)15-16/h7H,5-6H2,1-4H3,(H,14,18). The summed E-state index contributed by atoms with van der Waals surface area (Å²) in [5.41, 5.74) is 1.87.